The zero-order valence-electron chi connectivity index (χ0n) is 16.9. The molecule has 0 saturated carbocycles. The van der Waals surface area contributed by atoms with E-state index in [1.807, 2.05) is 6.92 Å². The quantitative estimate of drug-likeness (QED) is 0.479. The summed E-state index contributed by atoms with van der Waals surface area (Å²) in [4.78, 5) is 15.8. The van der Waals surface area contributed by atoms with Crippen molar-refractivity contribution in [1.29, 1.82) is 0 Å². The van der Waals surface area contributed by atoms with Gasteiger partial charge in [0.25, 0.3) is 11.6 Å². The molecule has 0 unspecified atom stereocenters. The van der Waals surface area contributed by atoms with Crippen molar-refractivity contribution in [2.24, 2.45) is 7.05 Å². The van der Waals surface area contributed by atoms with Crippen LogP contribution >= 0.6 is 11.6 Å². The van der Waals surface area contributed by atoms with Gasteiger partial charge in [0.2, 0.25) is 0 Å². The third kappa shape index (κ3) is 5.79. The van der Waals surface area contributed by atoms with Crippen LogP contribution in [0.5, 0.6) is 17.5 Å². The average Bonchev–Trinajstić information content (AvgIpc) is 2.72. The van der Waals surface area contributed by atoms with Crippen molar-refractivity contribution in [3.8, 4) is 17.5 Å². The van der Waals surface area contributed by atoms with Crippen LogP contribution in [-0.2, 0) is 26.1 Å². The Morgan fingerprint density at radius 3 is 2.42 bits per heavy atom. The Bertz CT molecular complexity index is 1110. The van der Waals surface area contributed by atoms with Gasteiger partial charge in [-0.25, -0.2) is 0 Å². The minimum absolute atomic E-state index is 0.0373. The topological polar surface area (TPSA) is 53.4 Å². The van der Waals surface area contributed by atoms with Crippen molar-refractivity contribution >= 4 is 11.6 Å². The molecule has 164 valence electrons. The number of aryl methyl sites for hydroxylation is 2. The molecule has 1 heterocycles. The van der Waals surface area contributed by atoms with E-state index in [9.17, 15) is 18.0 Å². The summed E-state index contributed by atoms with van der Waals surface area (Å²) in [5.74, 6) is 0.426. The second-order valence-electron chi connectivity index (χ2n) is 6.80. The van der Waals surface area contributed by atoms with Gasteiger partial charge in [-0.15, -0.1) is 0 Å². The van der Waals surface area contributed by atoms with Crippen molar-refractivity contribution in [1.82, 2.24) is 9.55 Å². The van der Waals surface area contributed by atoms with Gasteiger partial charge in [0.1, 0.15) is 11.5 Å². The second-order valence-corrected chi connectivity index (χ2v) is 7.21. The van der Waals surface area contributed by atoms with Gasteiger partial charge in [0.05, 0.1) is 17.2 Å². The molecular weight excluding hydrogens is 433 g/mol. The van der Waals surface area contributed by atoms with Gasteiger partial charge in [-0.3, -0.25) is 4.79 Å². The number of nitrogens with zero attached hydrogens (tertiary/aromatic N) is 2. The van der Waals surface area contributed by atoms with E-state index in [2.05, 4.69) is 4.98 Å². The first-order valence-electron chi connectivity index (χ1n) is 9.50. The van der Waals surface area contributed by atoms with Crippen LogP contribution in [0.15, 0.2) is 53.5 Å². The zero-order valence-corrected chi connectivity index (χ0v) is 17.6. The molecule has 0 radical (unpaired) electrons. The molecule has 0 amide bonds. The summed E-state index contributed by atoms with van der Waals surface area (Å²) >= 11 is 5.62. The highest BCUT2D eigenvalue weighted by atomic mass is 35.5. The molecule has 0 aliphatic carbocycles. The summed E-state index contributed by atoms with van der Waals surface area (Å²) in [5.41, 5.74) is 0.298. The summed E-state index contributed by atoms with van der Waals surface area (Å²) in [6.07, 6.45) is -1.71. The minimum atomic E-state index is -4.56. The number of halogens is 4. The van der Waals surface area contributed by atoms with Gasteiger partial charge in [-0.1, -0.05) is 30.7 Å². The molecular formula is C22H20ClF3N2O3. The van der Waals surface area contributed by atoms with Crippen LogP contribution in [0.4, 0.5) is 13.2 Å². The lowest BCUT2D eigenvalue weighted by Gasteiger charge is -2.12. The normalized spacial score (nSPS) is 11.4. The molecule has 0 aliphatic rings. The fraction of sp³-hybridized carbons (Fsp3) is 0.273. The predicted octanol–water partition coefficient (Wildman–Crippen LogP) is 5.43. The molecule has 3 aromatic rings. The van der Waals surface area contributed by atoms with Crippen molar-refractivity contribution < 1.29 is 22.6 Å². The molecule has 2 aromatic carbocycles. The number of alkyl halides is 3. The highest BCUT2D eigenvalue weighted by molar-refractivity contribution is 6.31. The summed E-state index contributed by atoms with van der Waals surface area (Å²) < 4.78 is 51.7. The second kappa shape index (κ2) is 9.43. The van der Waals surface area contributed by atoms with Crippen LogP contribution in [0, 0.1) is 0 Å². The lowest BCUT2D eigenvalue weighted by molar-refractivity contribution is -0.137. The largest absolute Gasteiger partial charge is 0.464 e. The molecule has 0 aliphatic heterocycles. The van der Waals surface area contributed by atoms with Gasteiger partial charge in [-0.05, 0) is 42.3 Å². The number of rotatable bonds is 7. The first-order valence-corrected chi connectivity index (χ1v) is 9.88. The van der Waals surface area contributed by atoms with Crippen molar-refractivity contribution in [3.63, 3.8) is 0 Å². The maximum absolute atomic E-state index is 13.0. The van der Waals surface area contributed by atoms with Gasteiger partial charge in [0.15, 0.2) is 0 Å². The highest BCUT2D eigenvalue weighted by Crippen LogP contribution is 2.37. The smallest absolute Gasteiger partial charge is 0.417 e. The molecule has 0 bridgehead atoms. The number of hydrogen-bond acceptors (Lipinski definition) is 4. The van der Waals surface area contributed by atoms with E-state index in [-0.39, 0.29) is 22.3 Å². The number of ether oxygens (including phenoxy) is 2. The van der Waals surface area contributed by atoms with Crippen LogP contribution < -0.4 is 15.0 Å². The maximum atomic E-state index is 13.0. The maximum Gasteiger partial charge on any atom is 0.417 e. The van der Waals surface area contributed by atoms with Crippen LogP contribution in [-0.4, -0.2) is 16.2 Å². The first kappa shape index (κ1) is 22.7. The molecule has 1 aromatic heterocycles. The number of benzene rings is 2. The molecule has 0 spiro atoms. The molecule has 0 atom stereocenters. The Kier molecular flexibility index (Phi) is 6.90. The summed E-state index contributed by atoms with van der Waals surface area (Å²) in [5, 5.41) is -0.383. The van der Waals surface area contributed by atoms with E-state index in [1.54, 1.807) is 42.1 Å². The first-order chi connectivity index (χ1) is 14.7. The highest BCUT2D eigenvalue weighted by Gasteiger charge is 2.33. The lowest BCUT2D eigenvalue weighted by Crippen LogP contribution is -2.19. The molecule has 0 fully saturated rings. The molecule has 3 rings (SSSR count). The Balaban J connectivity index is 1.60. The van der Waals surface area contributed by atoms with E-state index < -0.39 is 11.7 Å². The van der Waals surface area contributed by atoms with E-state index in [0.29, 0.717) is 30.8 Å². The van der Waals surface area contributed by atoms with E-state index in [0.717, 1.165) is 17.7 Å². The third-order valence-corrected chi connectivity index (χ3v) is 4.86. The fourth-order valence-corrected chi connectivity index (χ4v) is 3.09. The molecule has 0 N–H and O–H groups in total. The van der Waals surface area contributed by atoms with Crippen molar-refractivity contribution in [2.45, 2.75) is 25.9 Å². The van der Waals surface area contributed by atoms with E-state index in [1.165, 1.54) is 6.07 Å². The zero-order chi connectivity index (χ0) is 22.6. The predicted molar refractivity (Wildman–Crippen MR) is 111 cm³/mol. The lowest BCUT2D eigenvalue weighted by atomic mass is 10.1. The van der Waals surface area contributed by atoms with Crippen LogP contribution in [0.1, 0.15) is 23.6 Å². The number of aromatic nitrogens is 2. The van der Waals surface area contributed by atoms with E-state index >= 15 is 0 Å². The average molecular weight is 453 g/mol. The molecule has 0 saturated heterocycles. The van der Waals surface area contributed by atoms with Crippen molar-refractivity contribution in [2.75, 3.05) is 6.61 Å². The third-order valence-electron chi connectivity index (χ3n) is 4.53. The van der Waals surface area contributed by atoms with Crippen LogP contribution in [0.3, 0.4) is 0 Å². The van der Waals surface area contributed by atoms with Gasteiger partial charge < -0.3 is 14.0 Å². The summed E-state index contributed by atoms with van der Waals surface area (Å²) in [7, 11) is 1.76. The Labute approximate surface area is 182 Å². The van der Waals surface area contributed by atoms with E-state index in [4.69, 9.17) is 21.1 Å². The summed E-state index contributed by atoms with van der Waals surface area (Å²) in [6.45, 7) is 2.19. The Morgan fingerprint density at radius 1 is 1.10 bits per heavy atom. The van der Waals surface area contributed by atoms with Gasteiger partial charge in [-0.2, -0.15) is 18.2 Å². The Hall–Kier alpha value is -3.00. The monoisotopic (exact) mass is 452 g/mol. The standard InChI is InChI=1S/C22H20ClF3N2O3/c1-3-15-13-28(2)21(27-20(15)29)30-11-10-14-4-6-16(7-5-14)31-17-8-9-19(23)18(12-17)22(24,25)26/h4-9,12-13H,3,10-11H2,1-2H3. The Morgan fingerprint density at radius 2 is 1.77 bits per heavy atom. The number of hydrogen-bond donors (Lipinski definition) is 0. The van der Waals surface area contributed by atoms with Gasteiger partial charge >= 0.3 is 6.18 Å². The van der Waals surface area contributed by atoms with Gasteiger partial charge in [0, 0.05) is 25.2 Å². The van der Waals surface area contributed by atoms with Crippen molar-refractivity contribution in [3.05, 3.63) is 80.7 Å². The molecule has 9 heteroatoms. The van der Waals surface area contributed by atoms with Crippen LogP contribution in [0.25, 0.3) is 0 Å². The van der Waals surface area contributed by atoms with Crippen LogP contribution in [0.2, 0.25) is 5.02 Å². The molecule has 5 nitrogen and oxygen atoms in total. The minimum Gasteiger partial charge on any atom is -0.464 e. The fourth-order valence-electron chi connectivity index (χ4n) is 2.86. The summed E-state index contributed by atoms with van der Waals surface area (Å²) in [6, 6.07) is 10.5. The SMILES string of the molecule is CCc1cn(C)c(OCCc2ccc(Oc3ccc(Cl)c(C(F)(F)F)c3)cc2)nc1=O. The molecule has 31 heavy (non-hydrogen) atoms.